The van der Waals surface area contributed by atoms with Crippen LogP contribution in [0.25, 0.3) is 10.9 Å². The van der Waals surface area contributed by atoms with Crippen LogP contribution in [0.3, 0.4) is 0 Å². The van der Waals surface area contributed by atoms with Crippen molar-refractivity contribution in [1.82, 2.24) is 19.5 Å². The van der Waals surface area contributed by atoms with Crippen LogP contribution in [0.1, 0.15) is 34.9 Å². The molecule has 174 valence electrons. The number of carbonyl (C=O) groups is 1. The van der Waals surface area contributed by atoms with Crippen LogP contribution in [-0.4, -0.2) is 39.7 Å². The number of H-pyrrole nitrogens is 1. The molecule has 3 aromatic heterocycles. The molecule has 1 N–H and O–H groups in total. The van der Waals surface area contributed by atoms with Gasteiger partial charge in [-0.3, -0.25) is 9.59 Å². The highest BCUT2D eigenvalue weighted by molar-refractivity contribution is 5.83. The molecule has 9 heteroatoms. The number of hydrogen-bond donors (Lipinski definition) is 1. The van der Waals surface area contributed by atoms with Crippen molar-refractivity contribution in [2.24, 2.45) is 0 Å². The highest BCUT2D eigenvalue weighted by Gasteiger charge is 2.34. The number of aromatic nitrogens is 4. The van der Waals surface area contributed by atoms with Gasteiger partial charge in [-0.05, 0) is 31.2 Å². The zero-order chi connectivity index (χ0) is 23.8. The zero-order valence-corrected chi connectivity index (χ0v) is 19.1. The summed E-state index contributed by atoms with van der Waals surface area (Å²) in [5, 5.41) is 0.826. The molecular formula is C25H24N4O5. The van der Waals surface area contributed by atoms with Crippen LogP contribution < -0.4 is 15.0 Å². The monoisotopic (exact) mass is 460 g/mol. The van der Waals surface area contributed by atoms with E-state index < -0.39 is 11.9 Å². The molecule has 1 unspecified atom stereocenters. The Labute approximate surface area is 195 Å². The lowest BCUT2D eigenvalue weighted by atomic mass is 9.86. The Morgan fingerprint density at radius 1 is 1.24 bits per heavy atom. The Balaban J connectivity index is 1.64. The van der Waals surface area contributed by atoms with Gasteiger partial charge in [-0.25, -0.2) is 9.97 Å². The second-order valence-electron chi connectivity index (χ2n) is 8.22. The minimum Gasteiger partial charge on any atom is -0.497 e. The zero-order valence-electron chi connectivity index (χ0n) is 19.1. The Morgan fingerprint density at radius 2 is 2.09 bits per heavy atom. The first-order chi connectivity index (χ1) is 16.5. The summed E-state index contributed by atoms with van der Waals surface area (Å²) in [6.07, 6.45) is 3.96. The van der Waals surface area contributed by atoms with Crippen LogP contribution in [0.4, 0.5) is 0 Å². The molecule has 1 aromatic carbocycles. The van der Waals surface area contributed by atoms with Gasteiger partial charge < -0.3 is 23.8 Å². The van der Waals surface area contributed by atoms with Crippen molar-refractivity contribution in [3.8, 4) is 17.4 Å². The minimum atomic E-state index is -0.555. The van der Waals surface area contributed by atoms with Crippen LogP contribution in [0, 0.1) is 6.92 Å². The van der Waals surface area contributed by atoms with E-state index in [1.54, 1.807) is 24.2 Å². The first-order valence-electron chi connectivity index (χ1n) is 10.9. The number of benzene rings is 1. The molecule has 1 aliphatic heterocycles. The van der Waals surface area contributed by atoms with Crippen molar-refractivity contribution in [3.05, 3.63) is 75.7 Å². The summed E-state index contributed by atoms with van der Waals surface area (Å²) in [6.45, 7) is 2.33. The third-order valence-electron chi connectivity index (χ3n) is 6.21. The topological polar surface area (TPSA) is 108 Å². The van der Waals surface area contributed by atoms with E-state index in [4.69, 9.17) is 14.2 Å². The van der Waals surface area contributed by atoms with Crippen molar-refractivity contribution in [2.45, 2.75) is 32.2 Å². The fourth-order valence-electron chi connectivity index (χ4n) is 4.43. The molecule has 0 bridgehead atoms. The molecule has 1 aliphatic rings. The molecule has 5 rings (SSSR count). The summed E-state index contributed by atoms with van der Waals surface area (Å²) >= 11 is 0. The van der Waals surface area contributed by atoms with Crippen molar-refractivity contribution in [1.29, 1.82) is 0 Å². The number of pyridine rings is 2. The number of aromatic amines is 1. The SMILES string of the molecule is COC(=O)CC1c2cc3cc(OC)ccc3nc2Oc2cc(C)n(CCc3cnc[nH]3)c(=O)c21. The molecule has 0 spiro atoms. The smallest absolute Gasteiger partial charge is 0.306 e. The molecule has 0 saturated carbocycles. The van der Waals surface area contributed by atoms with Gasteiger partial charge in [0.2, 0.25) is 5.88 Å². The Bertz CT molecular complexity index is 1440. The third kappa shape index (κ3) is 3.79. The number of fused-ring (bicyclic) bond motifs is 3. The van der Waals surface area contributed by atoms with E-state index in [2.05, 4.69) is 15.0 Å². The number of aryl methyl sites for hydroxylation is 2. The number of hydrogen-bond acceptors (Lipinski definition) is 7. The first kappa shape index (κ1) is 21.7. The Morgan fingerprint density at radius 3 is 2.82 bits per heavy atom. The van der Waals surface area contributed by atoms with Crippen molar-refractivity contribution >= 4 is 16.9 Å². The standard InChI is InChI=1S/C25H24N4O5/c1-14-8-21-23(25(31)29(14)7-6-16-12-26-13-27-16)18(11-22(30)33-3)19-10-15-9-17(32-2)4-5-20(15)28-24(19)34-21/h4-5,8-10,12-13,18H,6-7,11H2,1-3H3,(H,26,27). The lowest BCUT2D eigenvalue weighted by molar-refractivity contribution is -0.140. The average Bonchev–Trinajstić information content (AvgIpc) is 3.35. The number of rotatable bonds is 6. The molecule has 0 aliphatic carbocycles. The first-order valence-corrected chi connectivity index (χ1v) is 10.9. The van der Waals surface area contributed by atoms with Crippen molar-refractivity contribution in [2.75, 3.05) is 14.2 Å². The number of methoxy groups -OCH3 is 2. The van der Waals surface area contributed by atoms with Gasteiger partial charge >= 0.3 is 5.97 Å². The van der Waals surface area contributed by atoms with Gasteiger partial charge in [-0.2, -0.15) is 0 Å². The highest BCUT2D eigenvalue weighted by atomic mass is 16.5. The normalized spacial score (nSPS) is 14.3. The van der Waals surface area contributed by atoms with E-state index in [0.29, 0.717) is 41.5 Å². The number of nitrogens with zero attached hydrogens (tertiary/aromatic N) is 3. The number of imidazole rings is 1. The maximum absolute atomic E-state index is 13.7. The molecule has 9 nitrogen and oxygen atoms in total. The summed E-state index contributed by atoms with van der Waals surface area (Å²) < 4.78 is 18.1. The molecule has 34 heavy (non-hydrogen) atoms. The highest BCUT2D eigenvalue weighted by Crippen LogP contribution is 2.45. The van der Waals surface area contributed by atoms with Gasteiger partial charge in [-0.15, -0.1) is 0 Å². The maximum atomic E-state index is 13.7. The summed E-state index contributed by atoms with van der Waals surface area (Å²) in [6, 6.07) is 9.28. The Hall–Kier alpha value is -4.14. The van der Waals surface area contributed by atoms with Crippen LogP contribution >= 0.6 is 0 Å². The molecule has 0 amide bonds. The molecule has 1 atom stereocenters. The number of esters is 1. The van der Waals surface area contributed by atoms with Gasteiger partial charge in [0.15, 0.2) is 0 Å². The van der Waals surface area contributed by atoms with Gasteiger partial charge in [0, 0.05) is 53.5 Å². The summed E-state index contributed by atoms with van der Waals surface area (Å²) in [5.41, 5.74) is 3.32. The lowest BCUT2D eigenvalue weighted by Crippen LogP contribution is -2.31. The van der Waals surface area contributed by atoms with E-state index >= 15 is 0 Å². The Kier molecular flexibility index (Phi) is 5.53. The number of nitrogens with one attached hydrogen (secondary N) is 1. The van der Waals surface area contributed by atoms with E-state index in [0.717, 1.165) is 22.3 Å². The fourth-order valence-corrected chi connectivity index (χ4v) is 4.43. The van der Waals surface area contributed by atoms with Gasteiger partial charge in [0.05, 0.1) is 38.0 Å². The van der Waals surface area contributed by atoms with Gasteiger partial charge in [-0.1, -0.05) is 0 Å². The van der Waals surface area contributed by atoms with Gasteiger partial charge in [0.1, 0.15) is 11.5 Å². The summed E-state index contributed by atoms with van der Waals surface area (Å²) in [5.74, 6) is 0.516. The van der Waals surface area contributed by atoms with Crippen LogP contribution in [-0.2, 0) is 22.5 Å². The summed E-state index contributed by atoms with van der Waals surface area (Å²) in [7, 11) is 2.94. The number of carbonyl (C=O) groups excluding carboxylic acids is 1. The van der Waals surface area contributed by atoms with E-state index in [-0.39, 0.29) is 12.0 Å². The number of ether oxygens (including phenoxy) is 3. The largest absolute Gasteiger partial charge is 0.497 e. The minimum absolute atomic E-state index is 0.00410. The van der Waals surface area contributed by atoms with Crippen LogP contribution in [0.2, 0.25) is 0 Å². The van der Waals surface area contributed by atoms with Crippen molar-refractivity contribution in [3.63, 3.8) is 0 Å². The average molecular weight is 460 g/mol. The predicted molar refractivity (Wildman–Crippen MR) is 125 cm³/mol. The predicted octanol–water partition coefficient (Wildman–Crippen LogP) is 3.48. The van der Waals surface area contributed by atoms with E-state index in [1.165, 1.54) is 7.11 Å². The van der Waals surface area contributed by atoms with Crippen LogP contribution in [0.5, 0.6) is 17.4 Å². The molecule has 0 saturated heterocycles. The fraction of sp³-hybridized carbons (Fsp3) is 0.280. The molecular weight excluding hydrogens is 436 g/mol. The quantitative estimate of drug-likeness (QED) is 0.439. The summed E-state index contributed by atoms with van der Waals surface area (Å²) in [4.78, 5) is 37.9. The van der Waals surface area contributed by atoms with E-state index in [9.17, 15) is 9.59 Å². The third-order valence-corrected chi connectivity index (χ3v) is 6.21. The van der Waals surface area contributed by atoms with Crippen LogP contribution in [0.15, 0.2) is 47.7 Å². The molecule has 0 fully saturated rings. The van der Waals surface area contributed by atoms with E-state index in [1.807, 2.05) is 37.3 Å². The second kappa shape index (κ2) is 8.66. The molecule has 0 radical (unpaired) electrons. The lowest BCUT2D eigenvalue weighted by Gasteiger charge is -2.28. The molecule has 4 heterocycles. The maximum Gasteiger partial charge on any atom is 0.306 e. The molecule has 4 aromatic rings. The van der Waals surface area contributed by atoms with Gasteiger partial charge in [0.25, 0.3) is 5.56 Å². The second-order valence-corrected chi connectivity index (χ2v) is 8.22. The van der Waals surface area contributed by atoms with Crippen molar-refractivity contribution < 1.29 is 19.0 Å².